The number of carboxylic acids is 1. The molecule has 2 amide bonds. The highest BCUT2D eigenvalue weighted by atomic mass is 32.2. The summed E-state index contributed by atoms with van der Waals surface area (Å²) in [5, 5.41) is 11.3. The molecule has 0 saturated carbocycles. The lowest BCUT2D eigenvalue weighted by Gasteiger charge is -2.32. The first-order chi connectivity index (χ1) is 8.11. The fourth-order valence-electron chi connectivity index (χ4n) is 1.71. The van der Waals surface area contributed by atoms with Crippen molar-refractivity contribution in [2.24, 2.45) is 0 Å². The maximum atomic E-state index is 11.8. The first kappa shape index (κ1) is 14.7. The van der Waals surface area contributed by atoms with Gasteiger partial charge in [0.2, 0.25) is 0 Å². The molecule has 0 bridgehead atoms. The Balaban J connectivity index is 2.54. The Morgan fingerprint density at radius 2 is 1.78 bits per heavy atom. The molecule has 1 heterocycles. The van der Waals surface area contributed by atoms with E-state index >= 15 is 0 Å². The molecule has 0 aromatic carbocycles. The van der Waals surface area contributed by atoms with Gasteiger partial charge in [0.05, 0.1) is 17.9 Å². The van der Waals surface area contributed by atoms with Gasteiger partial charge in [-0.15, -0.1) is 0 Å². The van der Waals surface area contributed by atoms with Gasteiger partial charge in [0.1, 0.15) is 0 Å². The Morgan fingerprint density at radius 3 is 2.22 bits per heavy atom. The number of urea groups is 1. The predicted molar refractivity (Wildman–Crippen MR) is 65.1 cm³/mol. The molecule has 1 rings (SSSR count). The van der Waals surface area contributed by atoms with Crippen molar-refractivity contribution in [3.8, 4) is 0 Å². The van der Waals surface area contributed by atoms with Crippen LogP contribution in [-0.4, -0.2) is 60.6 Å². The smallest absolute Gasteiger partial charge is 0.317 e. The number of sulfone groups is 1. The number of amides is 2. The van der Waals surface area contributed by atoms with E-state index in [2.05, 4.69) is 5.32 Å². The van der Waals surface area contributed by atoms with Gasteiger partial charge in [-0.25, -0.2) is 13.2 Å². The molecular weight excluding hydrogens is 260 g/mol. The third-order valence-electron chi connectivity index (χ3n) is 2.67. The molecule has 7 nitrogen and oxygen atoms in total. The second kappa shape index (κ2) is 5.13. The summed E-state index contributed by atoms with van der Waals surface area (Å²) in [6.07, 6.45) is -0.190. The van der Waals surface area contributed by atoms with E-state index in [1.54, 1.807) is 13.8 Å². The van der Waals surface area contributed by atoms with Crippen LogP contribution >= 0.6 is 0 Å². The molecule has 0 aromatic rings. The largest absolute Gasteiger partial charge is 0.481 e. The average molecular weight is 278 g/mol. The lowest BCUT2D eigenvalue weighted by atomic mass is 10.0. The van der Waals surface area contributed by atoms with Crippen LogP contribution in [0.4, 0.5) is 4.79 Å². The minimum atomic E-state index is -3.03. The Morgan fingerprint density at radius 1 is 1.28 bits per heavy atom. The average Bonchev–Trinajstić information content (AvgIpc) is 2.13. The zero-order valence-corrected chi connectivity index (χ0v) is 11.3. The minimum Gasteiger partial charge on any atom is -0.481 e. The molecule has 0 aromatic heterocycles. The van der Waals surface area contributed by atoms with Gasteiger partial charge in [0, 0.05) is 18.6 Å². The summed E-state index contributed by atoms with van der Waals surface area (Å²) >= 11 is 0. The van der Waals surface area contributed by atoms with Crippen LogP contribution in [-0.2, 0) is 14.6 Å². The Kier molecular flexibility index (Phi) is 4.20. The second-order valence-electron chi connectivity index (χ2n) is 5.02. The summed E-state index contributed by atoms with van der Waals surface area (Å²) in [7, 11) is -3.03. The van der Waals surface area contributed by atoms with E-state index in [0.717, 1.165) is 0 Å². The first-order valence-corrected chi connectivity index (χ1v) is 7.43. The number of carboxylic acid groups (broad SMARTS) is 1. The quantitative estimate of drug-likeness (QED) is 0.736. The van der Waals surface area contributed by atoms with E-state index in [0.29, 0.717) is 0 Å². The van der Waals surface area contributed by atoms with Gasteiger partial charge in [0.15, 0.2) is 9.84 Å². The van der Waals surface area contributed by atoms with Gasteiger partial charge in [-0.05, 0) is 13.8 Å². The predicted octanol–water partition coefficient (Wildman–Crippen LogP) is -0.320. The van der Waals surface area contributed by atoms with Crippen LogP contribution in [0.3, 0.4) is 0 Å². The standard InChI is InChI=1S/C10H18N2O5S/c1-10(2,7-8(13)14)11-9(15)12-3-5-18(16,17)6-4-12/h3-7H2,1-2H3,(H,11,15)(H,13,14). The fourth-order valence-corrected chi connectivity index (χ4v) is 2.91. The topological polar surface area (TPSA) is 104 Å². The first-order valence-electron chi connectivity index (χ1n) is 5.61. The highest BCUT2D eigenvalue weighted by Gasteiger charge is 2.29. The summed E-state index contributed by atoms with van der Waals surface area (Å²) in [5.41, 5.74) is -0.862. The Hall–Kier alpha value is -1.31. The third kappa shape index (κ3) is 4.52. The minimum absolute atomic E-state index is 0.0419. The lowest BCUT2D eigenvalue weighted by molar-refractivity contribution is -0.138. The molecule has 1 saturated heterocycles. The number of aliphatic carboxylic acids is 1. The molecule has 1 fully saturated rings. The number of hydrogen-bond acceptors (Lipinski definition) is 4. The fraction of sp³-hybridized carbons (Fsp3) is 0.800. The Labute approximate surface area is 106 Å². The van der Waals surface area contributed by atoms with Crippen LogP contribution in [0.1, 0.15) is 20.3 Å². The van der Waals surface area contributed by atoms with Gasteiger partial charge in [-0.3, -0.25) is 4.79 Å². The zero-order valence-electron chi connectivity index (χ0n) is 10.5. The molecule has 0 radical (unpaired) electrons. The van der Waals surface area contributed by atoms with Crippen LogP contribution < -0.4 is 5.32 Å². The highest BCUT2D eigenvalue weighted by Crippen LogP contribution is 2.10. The summed E-state index contributed by atoms with van der Waals surface area (Å²) in [6, 6.07) is -0.420. The molecule has 2 N–H and O–H groups in total. The SMILES string of the molecule is CC(C)(CC(=O)O)NC(=O)N1CCS(=O)(=O)CC1. The van der Waals surface area contributed by atoms with E-state index in [9.17, 15) is 18.0 Å². The van der Waals surface area contributed by atoms with Gasteiger partial charge >= 0.3 is 12.0 Å². The molecule has 8 heteroatoms. The lowest BCUT2D eigenvalue weighted by Crippen LogP contribution is -2.54. The van der Waals surface area contributed by atoms with Gasteiger partial charge in [-0.1, -0.05) is 0 Å². The van der Waals surface area contributed by atoms with E-state index in [1.807, 2.05) is 0 Å². The van der Waals surface area contributed by atoms with Crippen molar-refractivity contribution in [1.82, 2.24) is 10.2 Å². The number of nitrogens with zero attached hydrogens (tertiary/aromatic N) is 1. The van der Waals surface area contributed by atoms with Crippen molar-refractivity contribution in [2.45, 2.75) is 25.8 Å². The summed E-state index contributed by atoms with van der Waals surface area (Å²) in [6.45, 7) is 3.52. The molecule has 0 unspecified atom stereocenters. The monoisotopic (exact) mass is 278 g/mol. The van der Waals surface area contributed by atoms with Gasteiger partial charge in [0.25, 0.3) is 0 Å². The molecule has 0 spiro atoms. The van der Waals surface area contributed by atoms with Crippen LogP contribution in [0.15, 0.2) is 0 Å². The number of rotatable bonds is 3. The normalized spacial score (nSPS) is 19.3. The van der Waals surface area contributed by atoms with Crippen molar-refractivity contribution in [2.75, 3.05) is 24.6 Å². The van der Waals surface area contributed by atoms with Crippen molar-refractivity contribution < 1.29 is 23.1 Å². The molecular formula is C10H18N2O5S. The summed E-state index contributed by atoms with van der Waals surface area (Å²) in [5.74, 6) is -1.08. The Bertz CT molecular complexity index is 429. The molecule has 0 atom stereocenters. The van der Waals surface area contributed by atoms with E-state index in [1.165, 1.54) is 4.90 Å². The van der Waals surface area contributed by atoms with Crippen molar-refractivity contribution >= 4 is 21.8 Å². The molecule has 0 aliphatic carbocycles. The third-order valence-corrected chi connectivity index (χ3v) is 4.28. The summed E-state index contributed by atoms with van der Waals surface area (Å²) in [4.78, 5) is 23.8. The molecule has 18 heavy (non-hydrogen) atoms. The zero-order chi connectivity index (χ0) is 14.0. The number of carbonyl (C=O) groups excluding carboxylic acids is 1. The van der Waals surface area contributed by atoms with Crippen LogP contribution in [0.2, 0.25) is 0 Å². The van der Waals surface area contributed by atoms with Gasteiger partial charge < -0.3 is 15.3 Å². The number of hydrogen-bond donors (Lipinski definition) is 2. The van der Waals surface area contributed by atoms with E-state index in [4.69, 9.17) is 5.11 Å². The van der Waals surface area contributed by atoms with Crippen molar-refractivity contribution in [1.29, 1.82) is 0 Å². The summed E-state index contributed by atoms with van der Waals surface area (Å²) < 4.78 is 22.4. The highest BCUT2D eigenvalue weighted by molar-refractivity contribution is 7.91. The van der Waals surface area contributed by atoms with Crippen LogP contribution in [0.25, 0.3) is 0 Å². The number of nitrogens with one attached hydrogen (secondary N) is 1. The maximum absolute atomic E-state index is 11.8. The van der Waals surface area contributed by atoms with Crippen LogP contribution in [0.5, 0.6) is 0 Å². The molecule has 1 aliphatic rings. The molecule has 104 valence electrons. The van der Waals surface area contributed by atoms with E-state index < -0.39 is 27.4 Å². The van der Waals surface area contributed by atoms with Crippen molar-refractivity contribution in [3.63, 3.8) is 0 Å². The van der Waals surface area contributed by atoms with Gasteiger partial charge in [-0.2, -0.15) is 0 Å². The number of carbonyl (C=O) groups is 2. The molecule has 1 aliphatic heterocycles. The second-order valence-corrected chi connectivity index (χ2v) is 7.33. The van der Waals surface area contributed by atoms with Crippen LogP contribution in [0, 0.1) is 0 Å². The van der Waals surface area contributed by atoms with Crippen molar-refractivity contribution in [3.05, 3.63) is 0 Å². The van der Waals surface area contributed by atoms with E-state index in [-0.39, 0.29) is 31.0 Å². The maximum Gasteiger partial charge on any atom is 0.317 e.